The second kappa shape index (κ2) is 6.12. The molecule has 3 N–H and O–H groups in total. The summed E-state index contributed by atoms with van der Waals surface area (Å²) in [6.07, 6.45) is 5.24. The molecular weight excluding hydrogens is 242 g/mol. The summed E-state index contributed by atoms with van der Waals surface area (Å²) in [4.78, 5) is 8.67. The lowest BCUT2D eigenvalue weighted by Crippen LogP contribution is -2.12. The maximum atomic E-state index is 5.86. The first-order valence-electron chi connectivity index (χ1n) is 6.41. The van der Waals surface area contributed by atoms with E-state index in [2.05, 4.69) is 25.6 Å². The van der Waals surface area contributed by atoms with Crippen molar-refractivity contribution in [2.45, 2.75) is 33.2 Å². The Morgan fingerprint density at radius 3 is 2.89 bits per heavy atom. The van der Waals surface area contributed by atoms with Crippen molar-refractivity contribution in [1.82, 2.24) is 25.0 Å². The summed E-state index contributed by atoms with van der Waals surface area (Å²) in [7, 11) is 0. The predicted octanol–water partition coefficient (Wildman–Crippen LogP) is 1.02. The molecule has 0 atom stereocenters. The number of aromatic nitrogens is 5. The fourth-order valence-electron chi connectivity index (χ4n) is 1.71. The number of nitrogens with one attached hydrogen (secondary N) is 1. The molecule has 0 radical (unpaired) electrons. The van der Waals surface area contributed by atoms with Crippen LogP contribution in [0.25, 0.3) is 0 Å². The van der Waals surface area contributed by atoms with Crippen LogP contribution in [0.3, 0.4) is 0 Å². The van der Waals surface area contributed by atoms with Crippen molar-refractivity contribution >= 4 is 11.6 Å². The average molecular weight is 261 g/mol. The van der Waals surface area contributed by atoms with Gasteiger partial charge in [-0.05, 0) is 13.3 Å². The molecule has 0 saturated heterocycles. The van der Waals surface area contributed by atoms with Crippen LogP contribution >= 0.6 is 0 Å². The van der Waals surface area contributed by atoms with E-state index < -0.39 is 0 Å². The topological polar surface area (TPSA) is 94.5 Å². The van der Waals surface area contributed by atoms with Gasteiger partial charge in [0.1, 0.15) is 17.5 Å². The number of nitrogen functional groups attached to an aromatic ring is 1. The van der Waals surface area contributed by atoms with Crippen LogP contribution in [-0.4, -0.2) is 31.5 Å². The Morgan fingerprint density at radius 1 is 1.37 bits per heavy atom. The summed E-state index contributed by atoms with van der Waals surface area (Å²) in [6.45, 7) is 5.57. The molecule has 0 spiro atoms. The van der Waals surface area contributed by atoms with Crippen molar-refractivity contribution in [2.24, 2.45) is 0 Å². The highest BCUT2D eigenvalue weighted by Crippen LogP contribution is 2.17. The number of rotatable bonds is 6. The molecular formula is C12H19N7. The van der Waals surface area contributed by atoms with Gasteiger partial charge in [0.15, 0.2) is 0 Å². The van der Waals surface area contributed by atoms with Gasteiger partial charge in [0.25, 0.3) is 0 Å². The molecule has 2 rings (SSSR count). The van der Waals surface area contributed by atoms with Gasteiger partial charge in [-0.3, -0.25) is 4.68 Å². The highest BCUT2D eigenvalue weighted by atomic mass is 15.4. The Kier molecular flexibility index (Phi) is 4.27. The fourth-order valence-corrected chi connectivity index (χ4v) is 1.71. The zero-order valence-corrected chi connectivity index (χ0v) is 11.3. The first-order valence-corrected chi connectivity index (χ1v) is 6.41. The zero-order chi connectivity index (χ0) is 13.7. The molecule has 0 unspecified atom stereocenters. The van der Waals surface area contributed by atoms with Crippen LogP contribution in [-0.2, 0) is 13.0 Å². The quantitative estimate of drug-likeness (QED) is 0.754. The summed E-state index contributed by atoms with van der Waals surface area (Å²) in [5, 5.41) is 11.0. The van der Waals surface area contributed by atoms with Crippen LogP contribution in [0.15, 0.2) is 12.4 Å². The van der Waals surface area contributed by atoms with Gasteiger partial charge in [-0.15, -0.1) is 5.10 Å². The first kappa shape index (κ1) is 13.3. The van der Waals surface area contributed by atoms with E-state index in [-0.39, 0.29) is 0 Å². The summed E-state index contributed by atoms with van der Waals surface area (Å²) < 4.78 is 1.81. The summed E-state index contributed by atoms with van der Waals surface area (Å²) >= 11 is 0. The first-order chi connectivity index (χ1) is 9.20. The third-order valence-corrected chi connectivity index (χ3v) is 2.87. The minimum atomic E-state index is 0.547. The van der Waals surface area contributed by atoms with Crippen LogP contribution < -0.4 is 11.1 Å². The lowest BCUT2D eigenvalue weighted by molar-refractivity contribution is 0.569. The standard InChI is InChI=1S/C12H19N7/c1-3-10-16-11(13)9(2)12(17-10)14-5-4-7-19-8-6-15-18-19/h6,8H,3-5,7H2,1-2H3,(H3,13,14,16,17). The number of nitrogens with zero attached hydrogens (tertiary/aromatic N) is 5. The molecule has 2 heterocycles. The van der Waals surface area contributed by atoms with Crippen molar-refractivity contribution in [1.29, 1.82) is 0 Å². The Labute approximate surface area is 112 Å². The Hall–Kier alpha value is -2.18. The number of hydrogen-bond acceptors (Lipinski definition) is 6. The molecule has 0 aliphatic heterocycles. The van der Waals surface area contributed by atoms with Gasteiger partial charge in [-0.1, -0.05) is 12.1 Å². The maximum absolute atomic E-state index is 5.86. The van der Waals surface area contributed by atoms with Crippen molar-refractivity contribution in [3.05, 3.63) is 23.8 Å². The largest absolute Gasteiger partial charge is 0.383 e. The van der Waals surface area contributed by atoms with Gasteiger partial charge >= 0.3 is 0 Å². The van der Waals surface area contributed by atoms with Crippen molar-refractivity contribution in [3.8, 4) is 0 Å². The van der Waals surface area contributed by atoms with Gasteiger partial charge in [0.2, 0.25) is 0 Å². The highest BCUT2D eigenvalue weighted by molar-refractivity contribution is 5.54. The lowest BCUT2D eigenvalue weighted by Gasteiger charge is -2.11. The van der Waals surface area contributed by atoms with Gasteiger partial charge in [-0.2, -0.15) is 0 Å². The van der Waals surface area contributed by atoms with Gasteiger partial charge in [-0.25, -0.2) is 9.97 Å². The summed E-state index contributed by atoms with van der Waals surface area (Å²) in [5.74, 6) is 2.13. The molecule has 0 amide bonds. The normalized spacial score (nSPS) is 10.6. The molecule has 0 saturated carbocycles. The number of hydrogen-bond donors (Lipinski definition) is 2. The van der Waals surface area contributed by atoms with E-state index in [0.717, 1.165) is 43.1 Å². The second-order valence-electron chi connectivity index (χ2n) is 4.30. The molecule has 19 heavy (non-hydrogen) atoms. The monoisotopic (exact) mass is 261 g/mol. The van der Waals surface area contributed by atoms with E-state index in [1.807, 2.05) is 20.0 Å². The number of anilines is 2. The van der Waals surface area contributed by atoms with Gasteiger partial charge in [0.05, 0.1) is 6.20 Å². The van der Waals surface area contributed by atoms with Crippen LogP contribution in [0.5, 0.6) is 0 Å². The van der Waals surface area contributed by atoms with E-state index in [1.165, 1.54) is 0 Å². The van der Waals surface area contributed by atoms with E-state index >= 15 is 0 Å². The third kappa shape index (κ3) is 3.40. The Bertz CT molecular complexity index is 521. The summed E-state index contributed by atoms with van der Waals surface area (Å²) in [5.41, 5.74) is 6.77. The zero-order valence-electron chi connectivity index (χ0n) is 11.3. The maximum Gasteiger partial charge on any atom is 0.134 e. The minimum absolute atomic E-state index is 0.547. The molecule has 0 aliphatic rings. The van der Waals surface area contributed by atoms with E-state index in [0.29, 0.717) is 5.82 Å². The molecule has 7 heteroatoms. The van der Waals surface area contributed by atoms with Crippen LogP contribution in [0.2, 0.25) is 0 Å². The molecule has 102 valence electrons. The molecule has 2 aromatic rings. The van der Waals surface area contributed by atoms with E-state index in [9.17, 15) is 0 Å². The van der Waals surface area contributed by atoms with Gasteiger partial charge < -0.3 is 11.1 Å². The Morgan fingerprint density at radius 2 is 2.21 bits per heavy atom. The molecule has 0 aromatic carbocycles. The van der Waals surface area contributed by atoms with Crippen LogP contribution in [0, 0.1) is 6.92 Å². The fraction of sp³-hybridized carbons (Fsp3) is 0.500. The van der Waals surface area contributed by atoms with Crippen LogP contribution in [0.4, 0.5) is 11.6 Å². The lowest BCUT2D eigenvalue weighted by atomic mass is 10.3. The minimum Gasteiger partial charge on any atom is -0.383 e. The Balaban J connectivity index is 1.90. The average Bonchev–Trinajstić information content (AvgIpc) is 2.92. The molecule has 0 bridgehead atoms. The predicted molar refractivity (Wildman–Crippen MR) is 73.7 cm³/mol. The number of aryl methyl sites for hydroxylation is 2. The molecule has 7 nitrogen and oxygen atoms in total. The summed E-state index contributed by atoms with van der Waals surface area (Å²) in [6, 6.07) is 0. The number of nitrogens with two attached hydrogens (primary N) is 1. The molecule has 2 aromatic heterocycles. The third-order valence-electron chi connectivity index (χ3n) is 2.87. The molecule has 0 fully saturated rings. The SMILES string of the molecule is CCc1nc(N)c(C)c(NCCCn2ccnn2)n1. The van der Waals surface area contributed by atoms with Crippen molar-refractivity contribution in [2.75, 3.05) is 17.6 Å². The smallest absolute Gasteiger partial charge is 0.134 e. The van der Waals surface area contributed by atoms with E-state index in [4.69, 9.17) is 5.73 Å². The van der Waals surface area contributed by atoms with E-state index in [1.54, 1.807) is 10.9 Å². The van der Waals surface area contributed by atoms with Crippen molar-refractivity contribution < 1.29 is 0 Å². The van der Waals surface area contributed by atoms with Crippen LogP contribution in [0.1, 0.15) is 24.7 Å². The van der Waals surface area contributed by atoms with Crippen molar-refractivity contribution in [3.63, 3.8) is 0 Å². The highest BCUT2D eigenvalue weighted by Gasteiger charge is 2.07. The molecule has 0 aliphatic carbocycles. The van der Waals surface area contributed by atoms with Gasteiger partial charge in [0, 0.05) is 31.3 Å². The second-order valence-corrected chi connectivity index (χ2v) is 4.30.